The molecule has 1 rings (SSSR count). The Morgan fingerprint density at radius 2 is 2.21 bits per heavy atom. The van der Waals surface area contributed by atoms with Gasteiger partial charge in [0, 0.05) is 22.1 Å². The van der Waals surface area contributed by atoms with Crippen molar-refractivity contribution >= 4 is 11.8 Å². The van der Waals surface area contributed by atoms with Crippen molar-refractivity contribution in [2.45, 2.75) is 4.90 Å². The number of benzene rings is 1. The van der Waals surface area contributed by atoms with Gasteiger partial charge in [0.1, 0.15) is 11.6 Å². The Bertz CT molecular complexity index is 364. The molecule has 0 aliphatic heterocycles. The molecule has 0 aliphatic carbocycles. The standard InChI is InChI=1S/C8H7F2N3S/c9-6-1-2-7(10)8(5-6)14-4-3-12-13-11/h1-2,5H,3-4H2. The lowest BCUT2D eigenvalue weighted by molar-refractivity contribution is 0.577. The first-order valence-corrected chi connectivity index (χ1v) is 4.81. The summed E-state index contributed by atoms with van der Waals surface area (Å²) in [5.41, 5.74) is 7.98. The van der Waals surface area contributed by atoms with Crippen molar-refractivity contribution in [3.63, 3.8) is 0 Å². The van der Waals surface area contributed by atoms with Gasteiger partial charge in [0.15, 0.2) is 0 Å². The number of hydrogen-bond donors (Lipinski definition) is 0. The minimum absolute atomic E-state index is 0.234. The van der Waals surface area contributed by atoms with Crippen LogP contribution in [0.4, 0.5) is 8.78 Å². The largest absolute Gasteiger partial charge is 0.207 e. The molecule has 0 heterocycles. The smallest absolute Gasteiger partial charge is 0.136 e. The summed E-state index contributed by atoms with van der Waals surface area (Å²) in [5.74, 6) is -0.500. The third-order valence-corrected chi connectivity index (χ3v) is 2.42. The van der Waals surface area contributed by atoms with Gasteiger partial charge in [-0.15, -0.1) is 11.8 Å². The second kappa shape index (κ2) is 5.47. The molecule has 0 spiro atoms. The fourth-order valence-electron chi connectivity index (χ4n) is 0.829. The van der Waals surface area contributed by atoms with E-state index in [1.807, 2.05) is 0 Å². The normalized spacial score (nSPS) is 9.57. The van der Waals surface area contributed by atoms with Crippen LogP contribution in [0.1, 0.15) is 0 Å². The van der Waals surface area contributed by atoms with E-state index in [9.17, 15) is 8.78 Å². The molecule has 0 saturated carbocycles. The molecular weight excluding hydrogens is 208 g/mol. The Kier molecular flexibility index (Phi) is 4.22. The molecular formula is C8H7F2N3S. The molecule has 74 valence electrons. The lowest BCUT2D eigenvalue weighted by Crippen LogP contribution is -1.87. The van der Waals surface area contributed by atoms with Gasteiger partial charge >= 0.3 is 0 Å². The van der Waals surface area contributed by atoms with Crippen molar-refractivity contribution in [3.8, 4) is 0 Å². The summed E-state index contributed by atoms with van der Waals surface area (Å²) in [6.07, 6.45) is 0. The molecule has 0 saturated heterocycles. The summed E-state index contributed by atoms with van der Waals surface area (Å²) < 4.78 is 25.6. The summed E-state index contributed by atoms with van der Waals surface area (Å²) >= 11 is 1.12. The van der Waals surface area contributed by atoms with Crippen LogP contribution in [0.25, 0.3) is 10.4 Å². The van der Waals surface area contributed by atoms with E-state index < -0.39 is 11.6 Å². The van der Waals surface area contributed by atoms with Gasteiger partial charge in [-0.05, 0) is 23.7 Å². The quantitative estimate of drug-likeness (QED) is 0.250. The highest BCUT2D eigenvalue weighted by Crippen LogP contribution is 2.22. The van der Waals surface area contributed by atoms with Crippen molar-refractivity contribution in [1.29, 1.82) is 0 Å². The highest BCUT2D eigenvalue weighted by molar-refractivity contribution is 7.99. The summed E-state index contributed by atoms with van der Waals surface area (Å²) in [6.45, 7) is 0.261. The summed E-state index contributed by atoms with van der Waals surface area (Å²) in [6, 6.07) is 3.26. The Morgan fingerprint density at radius 3 is 2.93 bits per heavy atom. The van der Waals surface area contributed by atoms with Gasteiger partial charge in [-0.25, -0.2) is 8.78 Å². The number of azide groups is 1. The minimum Gasteiger partial charge on any atom is -0.207 e. The van der Waals surface area contributed by atoms with Crippen LogP contribution in [-0.2, 0) is 0 Å². The third kappa shape index (κ3) is 3.24. The van der Waals surface area contributed by atoms with Crippen molar-refractivity contribution in [3.05, 3.63) is 40.3 Å². The first-order valence-electron chi connectivity index (χ1n) is 3.83. The molecule has 1 aromatic carbocycles. The lowest BCUT2D eigenvalue weighted by Gasteiger charge is -2.00. The molecule has 0 radical (unpaired) electrons. The van der Waals surface area contributed by atoms with Gasteiger partial charge in [-0.2, -0.15) is 0 Å². The van der Waals surface area contributed by atoms with Gasteiger partial charge in [-0.3, -0.25) is 0 Å². The monoisotopic (exact) mass is 215 g/mol. The Hall–Kier alpha value is -1.26. The highest BCUT2D eigenvalue weighted by atomic mass is 32.2. The molecule has 6 heteroatoms. The van der Waals surface area contributed by atoms with E-state index in [0.29, 0.717) is 5.75 Å². The summed E-state index contributed by atoms with van der Waals surface area (Å²) in [7, 11) is 0. The van der Waals surface area contributed by atoms with Crippen LogP contribution in [0, 0.1) is 11.6 Å². The SMILES string of the molecule is [N-]=[N+]=NCCSc1cc(F)ccc1F. The minimum atomic E-state index is -0.474. The maximum atomic E-state index is 13.0. The van der Waals surface area contributed by atoms with E-state index >= 15 is 0 Å². The Labute approximate surface area is 83.7 Å². The second-order valence-electron chi connectivity index (χ2n) is 2.38. The Balaban J connectivity index is 2.57. The van der Waals surface area contributed by atoms with Crippen molar-refractivity contribution in [2.24, 2.45) is 5.11 Å². The average molecular weight is 215 g/mol. The number of hydrogen-bond acceptors (Lipinski definition) is 2. The van der Waals surface area contributed by atoms with E-state index in [1.54, 1.807) is 0 Å². The predicted octanol–water partition coefficient (Wildman–Crippen LogP) is 3.37. The van der Waals surface area contributed by atoms with E-state index in [4.69, 9.17) is 5.53 Å². The zero-order valence-electron chi connectivity index (χ0n) is 7.15. The van der Waals surface area contributed by atoms with Gasteiger partial charge in [0.2, 0.25) is 0 Å². The van der Waals surface area contributed by atoms with E-state index in [0.717, 1.165) is 30.0 Å². The number of nitrogens with zero attached hydrogens (tertiary/aromatic N) is 3. The first kappa shape index (κ1) is 10.8. The van der Waals surface area contributed by atoms with E-state index in [2.05, 4.69) is 10.0 Å². The molecule has 0 N–H and O–H groups in total. The van der Waals surface area contributed by atoms with E-state index in [-0.39, 0.29) is 11.4 Å². The zero-order chi connectivity index (χ0) is 10.4. The molecule has 0 fully saturated rings. The van der Waals surface area contributed by atoms with Crippen molar-refractivity contribution in [1.82, 2.24) is 0 Å². The zero-order valence-corrected chi connectivity index (χ0v) is 7.97. The van der Waals surface area contributed by atoms with Crippen LogP contribution in [0.5, 0.6) is 0 Å². The number of thioether (sulfide) groups is 1. The molecule has 14 heavy (non-hydrogen) atoms. The van der Waals surface area contributed by atoms with Gasteiger partial charge in [0.05, 0.1) is 0 Å². The fourth-order valence-corrected chi connectivity index (χ4v) is 1.62. The molecule has 1 aromatic rings. The molecule has 0 aliphatic rings. The van der Waals surface area contributed by atoms with Crippen LogP contribution >= 0.6 is 11.8 Å². The predicted molar refractivity (Wildman–Crippen MR) is 51.1 cm³/mol. The van der Waals surface area contributed by atoms with Crippen LogP contribution in [0.3, 0.4) is 0 Å². The second-order valence-corrected chi connectivity index (χ2v) is 3.51. The maximum absolute atomic E-state index is 13.0. The number of rotatable bonds is 4. The van der Waals surface area contributed by atoms with Gasteiger partial charge in [-0.1, -0.05) is 5.11 Å². The van der Waals surface area contributed by atoms with Crippen LogP contribution < -0.4 is 0 Å². The molecule has 0 atom stereocenters. The van der Waals surface area contributed by atoms with Crippen LogP contribution in [0.2, 0.25) is 0 Å². The van der Waals surface area contributed by atoms with Crippen molar-refractivity contribution < 1.29 is 8.78 Å². The first-order chi connectivity index (χ1) is 6.74. The Morgan fingerprint density at radius 1 is 1.43 bits per heavy atom. The molecule has 0 bridgehead atoms. The number of halogens is 2. The van der Waals surface area contributed by atoms with Crippen LogP contribution in [-0.4, -0.2) is 12.3 Å². The van der Waals surface area contributed by atoms with Crippen LogP contribution in [0.15, 0.2) is 28.2 Å². The highest BCUT2D eigenvalue weighted by Gasteiger charge is 2.03. The third-order valence-electron chi connectivity index (χ3n) is 1.41. The molecule has 0 unspecified atom stereocenters. The molecule has 0 amide bonds. The average Bonchev–Trinajstić information content (AvgIpc) is 2.18. The van der Waals surface area contributed by atoms with Gasteiger partial charge in [0.25, 0.3) is 0 Å². The molecule has 3 nitrogen and oxygen atoms in total. The topological polar surface area (TPSA) is 48.8 Å². The summed E-state index contributed by atoms with van der Waals surface area (Å²) in [4.78, 5) is 2.79. The maximum Gasteiger partial charge on any atom is 0.136 e. The van der Waals surface area contributed by atoms with Crippen molar-refractivity contribution in [2.75, 3.05) is 12.3 Å². The molecule has 0 aromatic heterocycles. The lowest BCUT2D eigenvalue weighted by atomic mass is 10.3. The fraction of sp³-hybridized carbons (Fsp3) is 0.250. The van der Waals surface area contributed by atoms with E-state index in [1.165, 1.54) is 0 Å². The summed E-state index contributed by atoms with van der Waals surface area (Å²) in [5, 5.41) is 3.28. The van der Waals surface area contributed by atoms with Gasteiger partial charge < -0.3 is 0 Å².